The number of hydrogen-bond acceptors (Lipinski definition) is 4. The van der Waals surface area contributed by atoms with E-state index in [1.807, 2.05) is 71.6 Å². The first kappa shape index (κ1) is 21.7. The van der Waals surface area contributed by atoms with E-state index in [0.717, 1.165) is 41.0 Å². The molecule has 3 aromatic carbocycles. The lowest BCUT2D eigenvalue weighted by Crippen LogP contribution is -2.39. The number of carbonyl (C=O) groups excluding carboxylic acids is 2. The molecule has 1 saturated carbocycles. The van der Waals surface area contributed by atoms with Crippen LogP contribution >= 0.6 is 0 Å². The number of rotatable bonds is 4. The highest BCUT2D eigenvalue weighted by Crippen LogP contribution is 2.49. The molecular formula is C30H28N2O3. The Hall–Kier alpha value is -3.86. The maximum atomic E-state index is 13.9. The molecule has 2 aliphatic carbocycles. The number of ether oxygens (including phenoxy) is 1. The lowest BCUT2D eigenvalue weighted by atomic mass is 9.78. The summed E-state index contributed by atoms with van der Waals surface area (Å²) >= 11 is 0. The number of allylic oxidation sites excluding steroid dienone is 1. The molecule has 0 saturated heterocycles. The number of amides is 1. The van der Waals surface area contributed by atoms with Crippen molar-refractivity contribution >= 4 is 23.1 Å². The van der Waals surface area contributed by atoms with E-state index in [1.54, 1.807) is 7.11 Å². The fourth-order valence-corrected chi connectivity index (χ4v) is 5.45. The number of benzene rings is 3. The van der Waals surface area contributed by atoms with Crippen LogP contribution in [0.5, 0.6) is 5.75 Å². The van der Waals surface area contributed by atoms with Gasteiger partial charge in [0.2, 0.25) is 5.91 Å². The molecule has 35 heavy (non-hydrogen) atoms. The maximum Gasteiger partial charge on any atom is 0.231 e. The van der Waals surface area contributed by atoms with Gasteiger partial charge in [-0.05, 0) is 60.6 Å². The molecule has 0 unspecified atom stereocenters. The van der Waals surface area contributed by atoms with Crippen molar-refractivity contribution < 1.29 is 14.3 Å². The lowest BCUT2D eigenvalue weighted by molar-refractivity contribution is -0.120. The second-order valence-corrected chi connectivity index (χ2v) is 9.64. The summed E-state index contributed by atoms with van der Waals surface area (Å²) in [5.41, 5.74) is 5.32. The number of nitrogens with one attached hydrogen (secondary N) is 1. The minimum atomic E-state index is -0.506. The van der Waals surface area contributed by atoms with Crippen LogP contribution in [0.2, 0.25) is 0 Å². The van der Waals surface area contributed by atoms with Gasteiger partial charge in [0.15, 0.2) is 5.78 Å². The predicted octanol–water partition coefficient (Wildman–Crippen LogP) is 6.01. The van der Waals surface area contributed by atoms with Gasteiger partial charge in [-0.3, -0.25) is 14.5 Å². The zero-order valence-electron chi connectivity index (χ0n) is 19.7. The van der Waals surface area contributed by atoms with Gasteiger partial charge in [-0.1, -0.05) is 54.6 Å². The Kier molecular flexibility index (Phi) is 5.40. The lowest BCUT2D eigenvalue weighted by Gasteiger charge is -2.35. The average Bonchev–Trinajstić information content (AvgIpc) is 3.75. The number of hydrogen-bond donors (Lipinski definition) is 1. The van der Waals surface area contributed by atoms with E-state index in [9.17, 15) is 9.59 Å². The van der Waals surface area contributed by atoms with Gasteiger partial charge in [0.05, 0.1) is 24.5 Å². The summed E-state index contributed by atoms with van der Waals surface area (Å²) in [4.78, 5) is 29.6. The molecule has 1 N–H and O–H groups in total. The Balaban J connectivity index is 1.55. The maximum absolute atomic E-state index is 13.9. The van der Waals surface area contributed by atoms with Crippen LogP contribution in [0.25, 0.3) is 0 Å². The van der Waals surface area contributed by atoms with E-state index in [4.69, 9.17) is 4.74 Å². The fraction of sp³-hybridized carbons (Fsp3) is 0.267. The van der Waals surface area contributed by atoms with E-state index >= 15 is 0 Å². The van der Waals surface area contributed by atoms with Crippen molar-refractivity contribution in [3.05, 3.63) is 101 Å². The number of anilines is 2. The van der Waals surface area contributed by atoms with Gasteiger partial charge in [-0.2, -0.15) is 0 Å². The van der Waals surface area contributed by atoms with E-state index in [0.29, 0.717) is 24.2 Å². The third-order valence-corrected chi connectivity index (χ3v) is 7.33. The molecular weight excluding hydrogens is 436 g/mol. The summed E-state index contributed by atoms with van der Waals surface area (Å²) in [6.45, 7) is 0. The van der Waals surface area contributed by atoms with Crippen LogP contribution in [-0.2, 0) is 9.59 Å². The van der Waals surface area contributed by atoms with E-state index in [2.05, 4.69) is 17.4 Å². The second-order valence-electron chi connectivity index (χ2n) is 9.64. The Morgan fingerprint density at radius 2 is 1.66 bits per heavy atom. The Labute approximate surface area is 205 Å². The molecule has 1 heterocycles. The fourth-order valence-electron chi connectivity index (χ4n) is 5.45. The molecule has 0 bridgehead atoms. The average molecular weight is 465 g/mol. The molecule has 0 aromatic heterocycles. The van der Waals surface area contributed by atoms with Gasteiger partial charge < -0.3 is 10.1 Å². The standard InChI is InChI=1S/C30H28N2O3/c1-35-23-11-7-10-21(16-23)29-28-25(17-22(18-27(28)33)19-8-3-2-4-9-19)31-24-12-5-6-13-26(24)32(29)30(34)20-14-15-20/h2-13,16,20,22,29,31H,14-15,17-18H2,1H3/t22-,29-/m1/s1. The third-order valence-electron chi connectivity index (χ3n) is 7.33. The number of ketones is 1. The van der Waals surface area contributed by atoms with Crippen molar-refractivity contribution in [2.24, 2.45) is 5.92 Å². The van der Waals surface area contributed by atoms with Gasteiger partial charge in [0, 0.05) is 23.6 Å². The van der Waals surface area contributed by atoms with Crippen molar-refractivity contribution in [1.82, 2.24) is 0 Å². The van der Waals surface area contributed by atoms with Crippen LogP contribution in [0.1, 0.15) is 48.8 Å². The smallest absolute Gasteiger partial charge is 0.231 e. The largest absolute Gasteiger partial charge is 0.497 e. The monoisotopic (exact) mass is 464 g/mol. The van der Waals surface area contributed by atoms with Gasteiger partial charge in [-0.25, -0.2) is 0 Å². The number of carbonyl (C=O) groups is 2. The summed E-state index contributed by atoms with van der Waals surface area (Å²) in [6.07, 6.45) is 2.93. The van der Waals surface area contributed by atoms with Crippen molar-refractivity contribution in [2.75, 3.05) is 17.3 Å². The summed E-state index contributed by atoms with van der Waals surface area (Å²) < 4.78 is 5.52. The van der Waals surface area contributed by atoms with Crippen LogP contribution in [0.3, 0.4) is 0 Å². The third kappa shape index (κ3) is 3.91. The first-order valence-electron chi connectivity index (χ1n) is 12.3. The normalized spacial score (nSPS) is 21.5. The summed E-state index contributed by atoms with van der Waals surface area (Å²) in [5, 5.41) is 3.60. The number of methoxy groups -OCH3 is 1. The molecule has 5 nitrogen and oxygen atoms in total. The van der Waals surface area contributed by atoms with Gasteiger partial charge in [-0.15, -0.1) is 0 Å². The number of fused-ring (bicyclic) bond motifs is 1. The first-order valence-corrected chi connectivity index (χ1v) is 12.3. The quantitative estimate of drug-likeness (QED) is 0.514. The highest BCUT2D eigenvalue weighted by Gasteiger charge is 2.45. The van der Waals surface area contributed by atoms with E-state index < -0.39 is 6.04 Å². The van der Waals surface area contributed by atoms with Crippen molar-refractivity contribution in [3.8, 4) is 5.75 Å². The number of nitrogens with zero attached hydrogens (tertiary/aromatic N) is 1. The first-order chi connectivity index (χ1) is 17.1. The van der Waals surface area contributed by atoms with Crippen LogP contribution in [0.4, 0.5) is 11.4 Å². The molecule has 1 amide bonds. The van der Waals surface area contributed by atoms with Crippen LogP contribution in [0.15, 0.2) is 90.1 Å². The topological polar surface area (TPSA) is 58.6 Å². The molecule has 176 valence electrons. The van der Waals surface area contributed by atoms with Crippen molar-refractivity contribution in [2.45, 2.75) is 37.6 Å². The van der Waals surface area contributed by atoms with E-state index in [-0.39, 0.29) is 23.5 Å². The number of para-hydroxylation sites is 2. The Bertz CT molecular complexity index is 1330. The minimum absolute atomic E-state index is 0.00840. The highest BCUT2D eigenvalue weighted by molar-refractivity contribution is 6.07. The summed E-state index contributed by atoms with van der Waals surface area (Å²) in [6, 6.07) is 25.4. The molecule has 6 rings (SSSR count). The Morgan fingerprint density at radius 1 is 0.914 bits per heavy atom. The molecule has 3 aromatic rings. The van der Waals surface area contributed by atoms with Crippen LogP contribution in [-0.4, -0.2) is 18.8 Å². The minimum Gasteiger partial charge on any atom is -0.497 e. The second kappa shape index (κ2) is 8.73. The molecule has 2 atom stereocenters. The zero-order chi connectivity index (χ0) is 23.9. The summed E-state index contributed by atoms with van der Waals surface area (Å²) in [5.74, 6) is 0.979. The molecule has 3 aliphatic rings. The molecule has 0 spiro atoms. The highest BCUT2D eigenvalue weighted by atomic mass is 16.5. The van der Waals surface area contributed by atoms with Crippen molar-refractivity contribution in [1.29, 1.82) is 0 Å². The summed E-state index contributed by atoms with van der Waals surface area (Å²) in [7, 11) is 1.64. The van der Waals surface area contributed by atoms with Crippen LogP contribution in [0, 0.1) is 5.92 Å². The van der Waals surface area contributed by atoms with Gasteiger partial charge in [0.1, 0.15) is 5.75 Å². The van der Waals surface area contributed by atoms with Gasteiger partial charge >= 0.3 is 0 Å². The van der Waals surface area contributed by atoms with Crippen molar-refractivity contribution in [3.63, 3.8) is 0 Å². The molecule has 1 fully saturated rings. The molecule has 1 aliphatic heterocycles. The van der Waals surface area contributed by atoms with E-state index in [1.165, 1.54) is 0 Å². The molecule has 0 radical (unpaired) electrons. The van der Waals surface area contributed by atoms with Gasteiger partial charge in [0.25, 0.3) is 0 Å². The number of Topliss-reactive ketones (excluding diaryl/α,β-unsaturated/α-hetero) is 1. The predicted molar refractivity (Wildman–Crippen MR) is 136 cm³/mol. The van der Waals surface area contributed by atoms with Crippen LogP contribution < -0.4 is 15.0 Å². The molecule has 5 heteroatoms. The SMILES string of the molecule is COc1cccc([C@@H]2C3=C(C[C@@H](c4ccccc4)CC3=O)Nc3ccccc3N2C(=O)C2CC2)c1. The Morgan fingerprint density at radius 3 is 2.43 bits per heavy atom. The zero-order valence-corrected chi connectivity index (χ0v) is 19.7.